The van der Waals surface area contributed by atoms with E-state index >= 15 is 0 Å². The van der Waals surface area contributed by atoms with E-state index < -0.39 is 0 Å². The number of H-pyrrole nitrogens is 1. The standard InChI is InChI=1S/C22H22N4OS/c1-25-11-5-9-17(25)18-10-6-12-26(18)14-20-23-21(27)16-13-19(28-22(16)24-20)15-7-3-2-4-8-15/h2-5,7-9,11,13,18H,6,10,12,14H2,1H3,(H,23,24,27). The molecule has 1 aliphatic rings. The number of thiophene rings is 1. The molecule has 1 aromatic carbocycles. The van der Waals surface area contributed by atoms with Crippen LogP contribution < -0.4 is 5.56 Å². The molecule has 1 unspecified atom stereocenters. The van der Waals surface area contributed by atoms with Crippen molar-refractivity contribution in [2.45, 2.75) is 25.4 Å². The third-order valence-electron chi connectivity index (χ3n) is 5.55. The molecule has 0 spiro atoms. The fourth-order valence-electron chi connectivity index (χ4n) is 4.16. The van der Waals surface area contributed by atoms with E-state index in [1.807, 2.05) is 24.3 Å². The first-order valence-electron chi connectivity index (χ1n) is 9.62. The van der Waals surface area contributed by atoms with E-state index in [-0.39, 0.29) is 5.56 Å². The number of aryl methyl sites for hydroxylation is 1. The quantitative estimate of drug-likeness (QED) is 0.564. The number of nitrogens with one attached hydrogen (secondary N) is 1. The predicted octanol–water partition coefficient (Wildman–Crippen LogP) is 4.33. The summed E-state index contributed by atoms with van der Waals surface area (Å²) in [5.74, 6) is 0.750. The van der Waals surface area contributed by atoms with Gasteiger partial charge in [0.2, 0.25) is 0 Å². The summed E-state index contributed by atoms with van der Waals surface area (Å²) in [6.07, 6.45) is 4.40. The lowest BCUT2D eigenvalue weighted by Gasteiger charge is -2.24. The second-order valence-corrected chi connectivity index (χ2v) is 8.41. The second-order valence-electron chi connectivity index (χ2n) is 7.38. The van der Waals surface area contributed by atoms with E-state index in [2.05, 4.69) is 52.0 Å². The minimum Gasteiger partial charge on any atom is -0.353 e. The molecule has 142 valence electrons. The predicted molar refractivity (Wildman–Crippen MR) is 113 cm³/mol. The zero-order valence-corrected chi connectivity index (χ0v) is 16.6. The maximum Gasteiger partial charge on any atom is 0.259 e. The van der Waals surface area contributed by atoms with Crippen molar-refractivity contribution < 1.29 is 0 Å². The first-order valence-corrected chi connectivity index (χ1v) is 10.4. The van der Waals surface area contributed by atoms with Crippen LogP contribution in [0.5, 0.6) is 0 Å². The van der Waals surface area contributed by atoms with Crippen LogP contribution in [-0.4, -0.2) is 26.0 Å². The van der Waals surface area contributed by atoms with Gasteiger partial charge in [-0.25, -0.2) is 4.98 Å². The van der Waals surface area contributed by atoms with E-state index in [0.717, 1.165) is 34.1 Å². The number of nitrogens with zero attached hydrogens (tertiary/aromatic N) is 3. The molecule has 0 radical (unpaired) electrons. The number of hydrogen-bond acceptors (Lipinski definition) is 4. The molecule has 1 fully saturated rings. The third kappa shape index (κ3) is 3.08. The van der Waals surface area contributed by atoms with Crippen LogP contribution in [0.1, 0.15) is 30.4 Å². The van der Waals surface area contributed by atoms with Gasteiger partial charge in [0, 0.05) is 23.8 Å². The molecule has 0 amide bonds. The van der Waals surface area contributed by atoms with Crippen molar-refractivity contribution in [3.8, 4) is 10.4 Å². The lowest BCUT2D eigenvalue weighted by molar-refractivity contribution is 0.235. The van der Waals surface area contributed by atoms with Crippen molar-refractivity contribution in [3.63, 3.8) is 0 Å². The Morgan fingerprint density at radius 2 is 2.07 bits per heavy atom. The molecule has 5 rings (SSSR count). The van der Waals surface area contributed by atoms with Gasteiger partial charge in [0.1, 0.15) is 10.7 Å². The van der Waals surface area contributed by atoms with E-state index in [1.54, 1.807) is 11.3 Å². The van der Waals surface area contributed by atoms with E-state index in [1.165, 1.54) is 12.1 Å². The lowest BCUT2D eigenvalue weighted by atomic mass is 10.1. The number of benzene rings is 1. The molecule has 1 N–H and O–H groups in total. The molecular formula is C22H22N4OS. The molecule has 0 bridgehead atoms. The average Bonchev–Trinajstić information content (AvgIpc) is 3.42. The molecule has 4 aromatic rings. The molecule has 28 heavy (non-hydrogen) atoms. The van der Waals surface area contributed by atoms with Crippen molar-refractivity contribution in [1.29, 1.82) is 0 Å². The maximum atomic E-state index is 12.7. The Morgan fingerprint density at radius 3 is 2.86 bits per heavy atom. The van der Waals surface area contributed by atoms with Gasteiger partial charge in [0.25, 0.3) is 5.56 Å². The number of likely N-dealkylation sites (tertiary alicyclic amines) is 1. The summed E-state index contributed by atoms with van der Waals surface area (Å²) in [6.45, 7) is 1.69. The summed E-state index contributed by atoms with van der Waals surface area (Å²) in [5, 5.41) is 0.674. The number of aromatic amines is 1. The molecule has 5 nitrogen and oxygen atoms in total. The van der Waals surface area contributed by atoms with Crippen molar-refractivity contribution in [2.24, 2.45) is 7.05 Å². The molecular weight excluding hydrogens is 368 g/mol. The second kappa shape index (κ2) is 7.04. The fraction of sp³-hybridized carbons (Fsp3) is 0.273. The smallest absolute Gasteiger partial charge is 0.259 e. The SMILES string of the molecule is Cn1cccc1C1CCCN1Cc1nc2sc(-c3ccccc3)cc2c(=O)[nH]1. The average molecular weight is 391 g/mol. The Bertz CT molecular complexity index is 1170. The molecule has 1 atom stereocenters. The number of rotatable bonds is 4. The van der Waals surface area contributed by atoms with Crippen LogP contribution in [0.4, 0.5) is 0 Å². The number of fused-ring (bicyclic) bond motifs is 1. The highest BCUT2D eigenvalue weighted by molar-refractivity contribution is 7.21. The van der Waals surface area contributed by atoms with E-state index in [0.29, 0.717) is 18.0 Å². The van der Waals surface area contributed by atoms with Crippen molar-refractivity contribution in [3.05, 3.63) is 76.6 Å². The normalized spacial score (nSPS) is 17.5. The summed E-state index contributed by atoms with van der Waals surface area (Å²) >= 11 is 1.58. The van der Waals surface area contributed by atoms with Crippen molar-refractivity contribution >= 4 is 21.6 Å². The van der Waals surface area contributed by atoms with Crippen LogP contribution in [0.15, 0.2) is 59.5 Å². The van der Waals surface area contributed by atoms with Gasteiger partial charge >= 0.3 is 0 Å². The van der Waals surface area contributed by atoms with Crippen LogP contribution in [0, 0.1) is 0 Å². The third-order valence-corrected chi connectivity index (χ3v) is 6.63. The topological polar surface area (TPSA) is 53.9 Å². The van der Waals surface area contributed by atoms with Gasteiger partial charge < -0.3 is 9.55 Å². The van der Waals surface area contributed by atoms with Gasteiger partial charge in [0.15, 0.2) is 0 Å². The Kier molecular flexibility index (Phi) is 4.37. The van der Waals surface area contributed by atoms with Gasteiger partial charge in [-0.1, -0.05) is 30.3 Å². The summed E-state index contributed by atoms with van der Waals surface area (Å²) in [4.78, 5) is 24.8. The van der Waals surface area contributed by atoms with Crippen LogP contribution in [0.3, 0.4) is 0 Å². The van der Waals surface area contributed by atoms with Crippen LogP contribution >= 0.6 is 11.3 Å². The summed E-state index contributed by atoms with van der Waals surface area (Å²) in [5.41, 5.74) is 2.39. The maximum absolute atomic E-state index is 12.7. The molecule has 0 saturated carbocycles. The molecule has 0 aliphatic carbocycles. The molecule has 1 saturated heterocycles. The number of hydrogen-bond donors (Lipinski definition) is 1. The molecule has 3 aromatic heterocycles. The minimum absolute atomic E-state index is 0.0481. The fourth-order valence-corrected chi connectivity index (χ4v) is 5.22. The van der Waals surface area contributed by atoms with Crippen LogP contribution in [0.25, 0.3) is 20.7 Å². The highest BCUT2D eigenvalue weighted by Gasteiger charge is 2.28. The minimum atomic E-state index is -0.0481. The monoisotopic (exact) mass is 390 g/mol. The Labute approximate surface area is 167 Å². The van der Waals surface area contributed by atoms with Gasteiger partial charge in [0.05, 0.1) is 18.0 Å². The van der Waals surface area contributed by atoms with Crippen molar-refractivity contribution in [2.75, 3.05) is 6.54 Å². The van der Waals surface area contributed by atoms with E-state index in [4.69, 9.17) is 4.98 Å². The van der Waals surface area contributed by atoms with E-state index in [9.17, 15) is 4.79 Å². The van der Waals surface area contributed by atoms with Crippen molar-refractivity contribution in [1.82, 2.24) is 19.4 Å². The lowest BCUT2D eigenvalue weighted by Crippen LogP contribution is -2.26. The Morgan fingerprint density at radius 1 is 1.21 bits per heavy atom. The van der Waals surface area contributed by atoms with Gasteiger partial charge in [-0.05, 0) is 43.1 Å². The van der Waals surface area contributed by atoms with Gasteiger partial charge in [-0.3, -0.25) is 9.69 Å². The molecule has 1 aliphatic heterocycles. The first-order chi connectivity index (χ1) is 13.7. The van der Waals surface area contributed by atoms with Crippen LogP contribution in [-0.2, 0) is 13.6 Å². The summed E-state index contributed by atoms with van der Waals surface area (Å²) < 4.78 is 2.19. The van der Waals surface area contributed by atoms with Crippen LogP contribution in [0.2, 0.25) is 0 Å². The highest BCUT2D eigenvalue weighted by Crippen LogP contribution is 2.34. The largest absolute Gasteiger partial charge is 0.353 e. The zero-order chi connectivity index (χ0) is 19.1. The Balaban J connectivity index is 1.46. The summed E-state index contributed by atoms with van der Waals surface area (Å²) in [6, 6.07) is 16.8. The number of aromatic nitrogens is 3. The zero-order valence-electron chi connectivity index (χ0n) is 15.8. The highest BCUT2D eigenvalue weighted by atomic mass is 32.1. The molecule has 4 heterocycles. The Hall–Kier alpha value is -2.70. The summed E-state index contributed by atoms with van der Waals surface area (Å²) in [7, 11) is 2.09. The first kappa shape index (κ1) is 17.4. The van der Waals surface area contributed by atoms with Gasteiger partial charge in [-0.15, -0.1) is 11.3 Å². The van der Waals surface area contributed by atoms with Gasteiger partial charge in [-0.2, -0.15) is 0 Å². The molecule has 6 heteroatoms.